The van der Waals surface area contributed by atoms with E-state index < -0.39 is 0 Å². The Morgan fingerprint density at radius 1 is 1.35 bits per heavy atom. The van der Waals surface area contributed by atoms with Gasteiger partial charge >= 0.3 is 0 Å². The molecule has 5 nitrogen and oxygen atoms in total. The Kier molecular flexibility index (Phi) is 3.25. The van der Waals surface area contributed by atoms with Gasteiger partial charge in [-0.3, -0.25) is 0 Å². The first kappa shape index (κ1) is 13.2. The molecule has 0 aromatic heterocycles. The van der Waals surface area contributed by atoms with E-state index in [1.165, 1.54) is 6.07 Å². The Morgan fingerprint density at radius 3 is 2.80 bits per heavy atom. The molecule has 3 rings (SSSR count). The molecular weight excluding hydrogens is 261 g/mol. The molecule has 3 atom stereocenters. The number of aliphatic hydroxyl groups is 1. The highest BCUT2D eigenvalue weighted by molar-refractivity contribution is 5.97. The molecule has 4 N–H and O–H groups in total. The highest BCUT2D eigenvalue weighted by Crippen LogP contribution is 2.40. The number of hydrogen-bond acceptors (Lipinski definition) is 4. The molecule has 0 spiro atoms. The predicted octanol–water partition coefficient (Wildman–Crippen LogP) is 1.13. The van der Waals surface area contributed by atoms with Gasteiger partial charge in [-0.1, -0.05) is 5.16 Å². The van der Waals surface area contributed by atoms with Crippen molar-refractivity contribution in [2.24, 2.45) is 22.7 Å². The second-order valence-electron chi connectivity index (χ2n) is 5.63. The molecule has 1 saturated heterocycles. The van der Waals surface area contributed by atoms with Crippen LogP contribution in [0.2, 0.25) is 0 Å². The van der Waals surface area contributed by atoms with Crippen LogP contribution in [-0.2, 0) is 0 Å². The summed E-state index contributed by atoms with van der Waals surface area (Å²) in [7, 11) is 0. The Hall–Kier alpha value is -1.82. The quantitative estimate of drug-likeness (QED) is 0.328. The van der Waals surface area contributed by atoms with Crippen molar-refractivity contribution >= 4 is 11.5 Å². The largest absolute Gasteiger partial charge is 0.409 e. The minimum absolute atomic E-state index is 0.107. The van der Waals surface area contributed by atoms with Gasteiger partial charge in [-0.15, -0.1) is 0 Å². The number of fused-ring (bicyclic) bond motifs is 1. The van der Waals surface area contributed by atoms with Gasteiger partial charge in [0.05, 0.1) is 11.8 Å². The molecule has 1 aliphatic heterocycles. The normalized spacial score (nSPS) is 29.8. The van der Waals surface area contributed by atoms with Crippen molar-refractivity contribution in [2.45, 2.75) is 18.9 Å². The Bertz CT molecular complexity index is 549. The SMILES string of the molecule is N/C(=N/O)c1ccc(N2CC3CCC(O)C3C2)c(F)c1. The van der Waals surface area contributed by atoms with Gasteiger partial charge in [-0.2, -0.15) is 0 Å². The Morgan fingerprint density at radius 2 is 2.15 bits per heavy atom. The number of rotatable bonds is 2. The summed E-state index contributed by atoms with van der Waals surface area (Å²) in [6.07, 6.45) is 1.60. The second-order valence-corrected chi connectivity index (χ2v) is 5.63. The number of nitrogens with two attached hydrogens (primary N) is 1. The van der Waals surface area contributed by atoms with Crippen LogP contribution in [0.25, 0.3) is 0 Å². The third-order valence-electron chi connectivity index (χ3n) is 4.51. The van der Waals surface area contributed by atoms with E-state index in [4.69, 9.17) is 10.9 Å². The zero-order valence-electron chi connectivity index (χ0n) is 11.0. The molecule has 108 valence electrons. The fourth-order valence-electron chi connectivity index (χ4n) is 3.41. The molecule has 6 heteroatoms. The molecule has 1 heterocycles. The van der Waals surface area contributed by atoms with Crippen molar-refractivity contribution in [3.05, 3.63) is 29.6 Å². The van der Waals surface area contributed by atoms with E-state index in [0.29, 0.717) is 23.7 Å². The van der Waals surface area contributed by atoms with Crippen LogP contribution >= 0.6 is 0 Å². The Labute approximate surface area is 116 Å². The van der Waals surface area contributed by atoms with Crippen molar-refractivity contribution in [3.8, 4) is 0 Å². The molecule has 1 aliphatic carbocycles. The zero-order valence-corrected chi connectivity index (χ0v) is 11.0. The van der Waals surface area contributed by atoms with Crippen molar-refractivity contribution < 1.29 is 14.7 Å². The zero-order chi connectivity index (χ0) is 14.3. The lowest BCUT2D eigenvalue weighted by molar-refractivity contribution is 0.133. The number of nitrogens with zero attached hydrogens (tertiary/aromatic N) is 2. The molecule has 0 radical (unpaired) electrons. The lowest BCUT2D eigenvalue weighted by Gasteiger charge is -2.21. The highest BCUT2D eigenvalue weighted by atomic mass is 19.1. The third kappa shape index (κ3) is 2.10. The fraction of sp³-hybridized carbons (Fsp3) is 0.500. The number of amidine groups is 1. The lowest BCUT2D eigenvalue weighted by atomic mass is 10.00. The standard InChI is InChI=1S/C14H18FN3O2/c15-11-5-8(14(16)17-20)1-3-12(11)18-6-9-2-4-13(19)10(9)7-18/h1,3,5,9-10,13,19-20H,2,4,6-7H2,(H2,16,17). The molecule has 1 saturated carbocycles. The van der Waals surface area contributed by atoms with Gasteiger partial charge in [0.15, 0.2) is 5.84 Å². The first-order valence-electron chi connectivity index (χ1n) is 6.80. The number of oxime groups is 1. The van der Waals surface area contributed by atoms with Crippen molar-refractivity contribution in [2.75, 3.05) is 18.0 Å². The van der Waals surface area contributed by atoms with Crippen LogP contribution < -0.4 is 10.6 Å². The van der Waals surface area contributed by atoms with E-state index in [2.05, 4.69) is 5.16 Å². The molecule has 2 fully saturated rings. The maximum Gasteiger partial charge on any atom is 0.170 e. The number of hydrogen-bond donors (Lipinski definition) is 3. The van der Waals surface area contributed by atoms with E-state index in [1.807, 2.05) is 4.90 Å². The van der Waals surface area contributed by atoms with Gasteiger partial charge < -0.3 is 20.9 Å². The van der Waals surface area contributed by atoms with E-state index >= 15 is 0 Å². The van der Waals surface area contributed by atoms with Gasteiger partial charge in [0.25, 0.3) is 0 Å². The Balaban J connectivity index is 1.82. The molecule has 3 unspecified atom stereocenters. The highest BCUT2D eigenvalue weighted by Gasteiger charge is 2.42. The second kappa shape index (κ2) is 4.94. The predicted molar refractivity (Wildman–Crippen MR) is 73.3 cm³/mol. The summed E-state index contributed by atoms with van der Waals surface area (Å²) < 4.78 is 14.2. The molecular formula is C14H18FN3O2. The minimum atomic E-state index is -0.386. The molecule has 0 amide bonds. The molecule has 1 aromatic carbocycles. The van der Waals surface area contributed by atoms with Gasteiger partial charge in [0.2, 0.25) is 0 Å². The number of aliphatic hydroxyl groups excluding tert-OH is 1. The van der Waals surface area contributed by atoms with E-state index in [-0.39, 0.29) is 23.7 Å². The first-order valence-corrected chi connectivity index (χ1v) is 6.80. The molecule has 1 aromatic rings. The van der Waals surface area contributed by atoms with Crippen molar-refractivity contribution in [1.82, 2.24) is 0 Å². The summed E-state index contributed by atoms with van der Waals surface area (Å²) in [6, 6.07) is 4.56. The van der Waals surface area contributed by atoms with Gasteiger partial charge in [-0.25, -0.2) is 4.39 Å². The summed E-state index contributed by atoms with van der Waals surface area (Å²) in [5.41, 5.74) is 6.32. The van der Waals surface area contributed by atoms with Crippen LogP contribution in [-0.4, -0.2) is 35.3 Å². The number of anilines is 1. The maximum absolute atomic E-state index is 14.2. The monoisotopic (exact) mass is 279 g/mol. The molecule has 0 bridgehead atoms. The van der Waals surface area contributed by atoms with E-state index in [0.717, 1.165) is 19.4 Å². The summed E-state index contributed by atoms with van der Waals surface area (Å²) in [5.74, 6) is 0.207. The number of benzene rings is 1. The summed E-state index contributed by atoms with van der Waals surface area (Å²) in [4.78, 5) is 1.98. The van der Waals surface area contributed by atoms with Crippen LogP contribution in [0.5, 0.6) is 0 Å². The lowest BCUT2D eigenvalue weighted by Crippen LogP contribution is -2.25. The summed E-state index contributed by atoms with van der Waals surface area (Å²) in [6.45, 7) is 1.47. The van der Waals surface area contributed by atoms with Crippen LogP contribution in [0, 0.1) is 17.7 Å². The summed E-state index contributed by atoms with van der Waals surface area (Å²) in [5, 5.41) is 21.4. The van der Waals surface area contributed by atoms with Gasteiger partial charge in [-0.05, 0) is 37.0 Å². The van der Waals surface area contributed by atoms with Crippen molar-refractivity contribution in [1.29, 1.82) is 0 Å². The molecule has 20 heavy (non-hydrogen) atoms. The fourth-order valence-corrected chi connectivity index (χ4v) is 3.41. The van der Waals surface area contributed by atoms with Crippen LogP contribution in [0.1, 0.15) is 18.4 Å². The van der Waals surface area contributed by atoms with Crippen molar-refractivity contribution in [3.63, 3.8) is 0 Å². The maximum atomic E-state index is 14.2. The average Bonchev–Trinajstić information content (AvgIpc) is 3.00. The van der Waals surface area contributed by atoms with E-state index in [9.17, 15) is 9.50 Å². The first-order chi connectivity index (χ1) is 9.60. The summed E-state index contributed by atoms with van der Waals surface area (Å²) >= 11 is 0. The van der Waals surface area contributed by atoms with Gasteiger partial charge in [0.1, 0.15) is 5.82 Å². The number of halogens is 1. The van der Waals surface area contributed by atoms with Gasteiger partial charge in [0, 0.05) is 24.6 Å². The smallest absolute Gasteiger partial charge is 0.170 e. The third-order valence-corrected chi connectivity index (χ3v) is 4.51. The topological polar surface area (TPSA) is 82.1 Å². The average molecular weight is 279 g/mol. The van der Waals surface area contributed by atoms with E-state index in [1.54, 1.807) is 12.1 Å². The molecule has 2 aliphatic rings. The van der Waals surface area contributed by atoms with Crippen LogP contribution in [0.3, 0.4) is 0 Å². The van der Waals surface area contributed by atoms with Crippen LogP contribution in [0.15, 0.2) is 23.4 Å². The minimum Gasteiger partial charge on any atom is -0.409 e. The van der Waals surface area contributed by atoms with Crippen LogP contribution in [0.4, 0.5) is 10.1 Å².